The molecule has 3 atom stereocenters. The van der Waals surface area contributed by atoms with E-state index in [4.69, 9.17) is 5.73 Å². The number of benzene rings is 2. The van der Waals surface area contributed by atoms with Gasteiger partial charge in [0, 0.05) is 18.5 Å². The highest BCUT2D eigenvalue weighted by atomic mass is 32.2. The third-order valence-corrected chi connectivity index (χ3v) is 10.6. The number of aromatic nitrogens is 1. The Labute approximate surface area is 285 Å². The molecule has 1 saturated heterocycles. The molecule has 0 saturated carbocycles. The predicted molar refractivity (Wildman–Crippen MR) is 182 cm³/mol. The first-order valence-corrected chi connectivity index (χ1v) is 18.0. The molecule has 1 fully saturated rings. The molecule has 2 heterocycles. The first-order chi connectivity index (χ1) is 22.6. The molecule has 260 valence electrons. The van der Waals surface area contributed by atoms with E-state index >= 15 is 0 Å². The van der Waals surface area contributed by atoms with E-state index < -0.39 is 52.0 Å². The van der Waals surface area contributed by atoms with Gasteiger partial charge >= 0.3 is 6.03 Å². The number of aliphatic hydroxyl groups excluding tert-OH is 1. The Morgan fingerprint density at radius 2 is 1.79 bits per heavy atom. The summed E-state index contributed by atoms with van der Waals surface area (Å²) in [6, 6.07) is 10.1. The molecule has 0 radical (unpaired) electrons. The van der Waals surface area contributed by atoms with Crippen molar-refractivity contribution in [1.82, 2.24) is 24.4 Å². The molecule has 15 heteroatoms. The average molecular weight is 701 g/mol. The van der Waals surface area contributed by atoms with Crippen molar-refractivity contribution < 1.29 is 33.0 Å². The van der Waals surface area contributed by atoms with Crippen LogP contribution in [0.25, 0.3) is 0 Å². The fourth-order valence-corrected chi connectivity index (χ4v) is 7.92. The Morgan fingerprint density at radius 1 is 1.10 bits per heavy atom. The molecule has 0 unspecified atom stereocenters. The number of thiazole rings is 1. The molecular weight excluding hydrogens is 657 g/mol. The number of carbonyl (C=O) groups excluding carboxylic acids is 3. The van der Waals surface area contributed by atoms with Gasteiger partial charge in [0.05, 0.1) is 40.0 Å². The van der Waals surface area contributed by atoms with Crippen LogP contribution >= 0.6 is 11.3 Å². The van der Waals surface area contributed by atoms with Crippen molar-refractivity contribution in [3.05, 3.63) is 70.2 Å². The van der Waals surface area contributed by atoms with Crippen molar-refractivity contribution in [2.24, 2.45) is 11.8 Å². The Morgan fingerprint density at radius 3 is 2.38 bits per heavy atom. The third kappa shape index (κ3) is 8.69. The molecule has 0 aliphatic carbocycles. The van der Waals surface area contributed by atoms with Crippen LogP contribution in [0.1, 0.15) is 44.0 Å². The van der Waals surface area contributed by atoms with E-state index in [0.717, 1.165) is 25.8 Å². The number of aryl methyl sites for hydroxylation is 1. The largest absolute Gasteiger partial charge is 0.506 e. The van der Waals surface area contributed by atoms with Crippen molar-refractivity contribution in [3.63, 3.8) is 0 Å². The van der Waals surface area contributed by atoms with Crippen LogP contribution in [0.4, 0.5) is 10.5 Å². The first kappa shape index (κ1) is 36.8. The number of aromatic hydroxyl groups is 1. The SMILES string of the molecule is Cc1nc(CN2C(=O)CN([C@H](C(=O)N[C@@H](Cc3ccccc3)[C@H](O)CN(CC(C)C)S(=O)(=O)c3ccc(O)c(N)c3)C(C)C)C2=O)cs1. The Hall–Kier alpha value is -4.05. The molecule has 1 aromatic heterocycles. The lowest BCUT2D eigenvalue weighted by molar-refractivity contribution is -0.129. The van der Waals surface area contributed by atoms with Gasteiger partial charge in [-0.05, 0) is 48.9 Å². The summed E-state index contributed by atoms with van der Waals surface area (Å²) in [4.78, 5) is 47.0. The number of urea groups is 1. The highest BCUT2D eigenvalue weighted by Gasteiger charge is 2.44. The fourth-order valence-electron chi connectivity index (χ4n) is 5.66. The number of hydrogen-bond acceptors (Lipinski definition) is 10. The summed E-state index contributed by atoms with van der Waals surface area (Å²) >= 11 is 1.41. The second-order valence-electron chi connectivity index (χ2n) is 12.7. The van der Waals surface area contributed by atoms with Crippen molar-refractivity contribution >= 4 is 44.9 Å². The van der Waals surface area contributed by atoms with Gasteiger partial charge in [0.25, 0.3) is 5.91 Å². The van der Waals surface area contributed by atoms with Gasteiger partial charge in [-0.2, -0.15) is 4.31 Å². The molecule has 1 aliphatic heterocycles. The van der Waals surface area contributed by atoms with Gasteiger partial charge < -0.3 is 26.2 Å². The van der Waals surface area contributed by atoms with Crippen LogP contribution in [0, 0.1) is 18.8 Å². The predicted octanol–water partition coefficient (Wildman–Crippen LogP) is 2.96. The Kier molecular flexibility index (Phi) is 11.8. The number of nitrogen functional groups attached to an aromatic ring is 1. The van der Waals surface area contributed by atoms with Crippen LogP contribution in [0.15, 0.2) is 58.8 Å². The van der Waals surface area contributed by atoms with Crippen LogP contribution < -0.4 is 11.1 Å². The molecular formula is C33H44N6O7S2. The summed E-state index contributed by atoms with van der Waals surface area (Å²) in [5, 5.41) is 27.0. The van der Waals surface area contributed by atoms with Gasteiger partial charge in [-0.15, -0.1) is 11.3 Å². The Balaban J connectivity index is 1.60. The second-order valence-corrected chi connectivity index (χ2v) is 15.7. The summed E-state index contributed by atoms with van der Waals surface area (Å²) < 4.78 is 28.7. The summed E-state index contributed by atoms with van der Waals surface area (Å²) in [7, 11) is -4.18. The van der Waals surface area contributed by atoms with E-state index in [1.165, 1.54) is 28.4 Å². The van der Waals surface area contributed by atoms with E-state index in [0.29, 0.717) is 5.69 Å². The Bertz CT molecular complexity index is 1710. The normalized spacial score (nSPS) is 15.9. The number of sulfonamides is 1. The topological polar surface area (TPSA) is 186 Å². The van der Waals surface area contributed by atoms with E-state index in [9.17, 15) is 33.0 Å². The van der Waals surface area contributed by atoms with Crippen molar-refractivity contribution in [1.29, 1.82) is 0 Å². The summed E-state index contributed by atoms with van der Waals surface area (Å²) in [5.41, 5.74) is 7.05. The number of rotatable bonds is 15. The highest BCUT2D eigenvalue weighted by molar-refractivity contribution is 7.89. The van der Waals surface area contributed by atoms with Crippen molar-refractivity contribution in [3.8, 4) is 5.75 Å². The lowest BCUT2D eigenvalue weighted by Gasteiger charge is -2.34. The summed E-state index contributed by atoms with van der Waals surface area (Å²) in [6.07, 6.45) is -1.23. The molecule has 3 aromatic rings. The maximum Gasteiger partial charge on any atom is 0.328 e. The molecule has 0 bridgehead atoms. The summed E-state index contributed by atoms with van der Waals surface area (Å²) in [6.45, 7) is 8.41. The summed E-state index contributed by atoms with van der Waals surface area (Å²) in [5.74, 6) is -1.81. The second kappa shape index (κ2) is 15.4. The van der Waals surface area contributed by atoms with Crippen LogP contribution in [0.2, 0.25) is 0 Å². The lowest BCUT2D eigenvalue weighted by atomic mass is 9.97. The van der Waals surface area contributed by atoms with E-state index in [1.54, 1.807) is 19.2 Å². The number of anilines is 1. The van der Waals surface area contributed by atoms with Crippen LogP contribution in [0.5, 0.6) is 5.75 Å². The molecule has 1 aliphatic rings. The number of phenols is 1. The van der Waals surface area contributed by atoms with E-state index in [-0.39, 0.29) is 54.9 Å². The number of aliphatic hydroxyl groups is 1. The van der Waals surface area contributed by atoms with Gasteiger partial charge in [-0.25, -0.2) is 18.2 Å². The van der Waals surface area contributed by atoms with Gasteiger partial charge in [0.2, 0.25) is 15.9 Å². The number of hydrogen-bond donors (Lipinski definition) is 4. The number of amides is 4. The monoisotopic (exact) mass is 700 g/mol. The zero-order chi connectivity index (χ0) is 35.3. The highest BCUT2D eigenvalue weighted by Crippen LogP contribution is 2.27. The van der Waals surface area contributed by atoms with Crippen molar-refractivity contribution in [2.75, 3.05) is 25.4 Å². The minimum Gasteiger partial charge on any atom is -0.506 e. The van der Waals surface area contributed by atoms with Gasteiger partial charge in [-0.1, -0.05) is 58.0 Å². The molecule has 4 amide bonds. The molecule has 2 aromatic carbocycles. The number of nitrogens with two attached hydrogens (primary N) is 1. The number of imide groups is 1. The lowest BCUT2D eigenvalue weighted by Crippen LogP contribution is -2.57. The zero-order valence-corrected chi connectivity index (χ0v) is 29.4. The number of phenolic OH excluding ortho intramolecular Hbond substituents is 1. The van der Waals surface area contributed by atoms with E-state index in [2.05, 4.69) is 10.3 Å². The minimum atomic E-state index is -4.18. The number of carbonyl (C=O) groups is 3. The maximum absolute atomic E-state index is 14.0. The van der Waals surface area contributed by atoms with Crippen molar-refractivity contribution in [2.45, 2.75) is 70.7 Å². The van der Waals surface area contributed by atoms with Gasteiger partial charge in [-0.3, -0.25) is 14.5 Å². The maximum atomic E-state index is 14.0. The molecule has 0 spiro atoms. The molecule has 13 nitrogen and oxygen atoms in total. The van der Waals surface area contributed by atoms with Gasteiger partial charge in [0.1, 0.15) is 18.3 Å². The quantitative estimate of drug-likeness (QED) is 0.105. The standard InChI is InChI=1S/C33H44N6O7S2/c1-20(2)15-37(48(45,46)25-11-12-28(40)26(34)14-25)17-29(41)27(13-23-9-7-6-8-10-23)36-32(43)31(21(3)4)39-18-30(42)38(33(39)44)16-24-19-47-22(5)35-24/h6-12,14,19-21,27,29,31,40-41H,13,15-18,34H2,1-5H3,(H,36,43)/t27-,29+,31-/m0/s1. The zero-order valence-electron chi connectivity index (χ0n) is 27.7. The average Bonchev–Trinajstić information content (AvgIpc) is 3.55. The molecule has 48 heavy (non-hydrogen) atoms. The molecule has 5 N–H and O–H groups in total. The first-order valence-electron chi connectivity index (χ1n) is 15.7. The smallest absolute Gasteiger partial charge is 0.328 e. The third-order valence-electron chi connectivity index (χ3n) is 7.99. The van der Waals surface area contributed by atoms with Crippen LogP contribution in [-0.4, -0.2) is 93.4 Å². The van der Waals surface area contributed by atoms with Crippen LogP contribution in [0.3, 0.4) is 0 Å². The van der Waals surface area contributed by atoms with Gasteiger partial charge in [0.15, 0.2) is 0 Å². The minimum absolute atomic E-state index is 0.00682. The molecule has 4 rings (SSSR count). The van der Waals surface area contributed by atoms with E-state index in [1.807, 2.05) is 51.1 Å². The van der Waals surface area contributed by atoms with Crippen LogP contribution in [-0.2, 0) is 32.6 Å². The fraction of sp³-hybridized carbons (Fsp3) is 0.455. The number of nitrogens with one attached hydrogen (secondary N) is 1. The number of nitrogens with zero attached hydrogens (tertiary/aromatic N) is 4.